The lowest BCUT2D eigenvalue weighted by Gasteiger charge is -2.25. The minimum atomic E-state index is -3.66. The van der Waals surface area contributed by atoms with Gasteiger partial charge in [-0.3, -0.25) is 9.10 Å². The maximum absolute atomic E-state index is 12.4. The zero-order valence-electron chi connectivity index (χ0n) is 16.4. The molecule has 0 aromatic heterocycles. The Morgan fingerprint density at radius 2 is 1.82 bits per heavy atom. The standard InChI is InChI=1S/C20H25ClN2O4S/c1-14-5-9-18(10-6-14)27-13-16(3)22-20(24)12-23(28(4,25)26)19-11-17(21)8-7-15(19)2/h5-11,16H,12-13H2,1-4H3,(H,22,24)/t16-/m1/s1. The fourth-order valence-electron chi connectivity index (χ4n) is 2.58. The van der Waals surface area contributed by atoms with E-state index in [9.17, 15) is 13.2 Å². The predicted molar refractivity (Wildman–Crippen MR) is 113 cm³/mol. The Bertz CT molecular complexity index is 930. The Kier molecular flexibility index (Phi) is 7.32. The molecule has 0 saturated carbocycles. The van der Waals surface area contributed by atoms with Crippen molar-refractivity contribution < 1.29 is 17.9 Å². The maximum atomic E-state index is 12.4. The van der Waals surface area contributed by atoms with E-state index < -0.39 is 15.9 Å². The van der Waals surface area contributed by atoms with Crippen molar-refractivity contribution in [2.75, 3.05) is 23.7 Å². The number of sulfonamides is 1. The first-order valence-corrected chi connectivity index (χ1v) is 11.0. The van der Waals surface area contributed by atoms with E-state index in [0.29, 0.717) is 22.0 Å². The maximum Gasteiger partial charge on any atom is 0.241 e. The molecule has 0 aliphatic heterocycles. The number of hydrogen-bond acceptors (Lipinski definition) is 4. The topological polar surface area (TPSA) is 75.7 Å². The molecule has 1 atom stereocenters. The van der Waals surface area contributed by atoms with E-state index in [1.54, 1.807) is 26.0 Å². The van der Waals surface area contributed by atoms with Gasteiger partial charge in [0.05, 0.1) is 18.0 Å². The molecular formula is C20H25ClN2O4S. The van der Waals surface area contributed by atoms with Gasteiger partial charge in [-0.1, -0.05) is 35.4 Å². The van der Waals surface area contributed by atoms with Crippen LogP contribution in [0.25, 0.3) is 0 Å². The highest BCUT2D eigenvalue weighted by Crippen LogP contribution is 2.26. The third kappa shape index (κ3) is 6.42. The van der Waals surface area contributed by atoms with Gasteiger partial charge in [-0.15, -0.1) is 0 Å². The molecule has 8 heteroatoms. The van der Waals surface area contributed by atoms with Gasteiger partial charge in [0.25, 0.3) is 0 Å². The first kappa shape index (κ1) is 22.0. The molecule has 0 spiro atoms. The van der Waals surface area contributed by atoms with E-state index in [2.05, 4.69) is 5.32 Å². The lowest BCUT2D eigenvalue weighted by atomic mass is 10.2. The third-order valence-corrected chi connectivity index (χ3v) is 5.42. The van der Waals surface area contributed by atoms with E-state index in [1.807, 2.05) is 31.2 Å². The number of hydrogen-bond donors (Lipinski definition) is 1. The fraction of sp³-hybridized carbons (Fsp3) is 0.350. The normalized spacial score (nSPS) is 12.3. The van der Waals surface area contributed by atoms with Crippen LogP contribution in [0, 0.1) is 13.8 Å². The molecule has 2 aromatic carbocycles. The minimum absolute atomic E-state index is 0.268. The van der Waals surface area contributed by atoms with Gasteiger partial charge in [0, 0.05) is 5.02 Å². The third-order valence-electron chi connectivity index (χ3n) is 4.06. The molecule has 0 fully saturated rings. The number of halogens is 1. The zero-order chi connectivity index (χ0) is 20.9. The summed E-state index contributed by atoms with van der Waals surface area (Å²) in [5.41, 5.74) is 2.22. The molecule has 0 heterocycles. The second-order valence-corrected chi connectivity index (χ2v) is 9.14. The van der Waals surface area contributed by atoms with E-state index in [0.717, 1.165) is 16.1 Å². The number of nitrogens with one attached hydrogen (secondary N) is 1. The summed E-state index contributed by atoms with van der Waals surface area (Å²) in [5.74, 6) is 0.281. The molecule has 2 rings (SSSR count). The minimum Gasteiger partial charge on any atom is -0.491 e. The molecule has 0 aliphatic carbocycles. The van der Waals surface area contributed by atoms with Crippen molar-refractivity contribution in [2.24, 2.45) is 0 Å². The first-order chi connectivity index (χ1) is 13.1. The predicted octanol–water partition coefficient (Wildman–Crippen LogP) is 3.31. The van der Waals surface area contributed by atoms with E-state index in [1.165, 1.54) is 6.07 Å². The van der Waals surface area contributed by atoms with E-state index >= 15 is 0 Å². The Labute approximate surface area is 171 Å². The van der Waals surface area contributed by atoms with Crippen LogP contribution in [0.5, 0.6) is 5.75 Å². The van der Waals surface area contributed by atoms with Crippen LogP contribution in [0.15, 0.2) is 42.5 Å². The summed E-state index contributed by atoms with van der Waals surface area (Å²) >= 11 is 6.00. The van der Waals surface area contributed by atoms with Crippen molar-refractivity contribution in [1.29, 1.82) is 0 Å². The summed E-state index contributed by atoms with van der Waals surface area (Å²) in [7, 11) is -3.66. The highest BCUT2D eigenvalue weighted by Gasteiger charge is 2.23. The van der Waals surface area contributed by atoms with Crippen LogP contribution >= 0.6 is 11.6 Å². The van der Waals surface area contributed by atoms with Crippen LogP contribution in [0.3, 0.4) is 0 Å². The molecule has 0 aliphatic rings. The van der Waals surface area contributed by atoms with E-state index in [-0.39, 0.29) is 19.2 Å². The molecule has 152 valence electrons. The first-order valence-electron chi connectivity index (χ1n) is 8.79. The number of carbonyl (C=O) groups is 1. The Hall–Kier alpha value is -2.25. The quantitative estimate of drug-likeness (QED) is 0.705. The van der Waals surface area contributed by atoms with Gasteiger partial charge >= 0.3 is 0 Å². The van der Waals surface area contributed by atoms with Crippen LogP contribution in [0.2, 0.25) is 5.02 Å². The summed E-state index contributed by atoms with van der Waals surface area (Å²) in [6.07, 6.45) is 1.06. The second kappa shape index (κ2) is 9.30. The molecule has 0 radical (unpaired) electrons. The average molecular weight is 425 g/mol. The van der Waals surface area contributed by atoms with Crippen LogP contribution < -0.4 is 14.4 Å². The number of ether oxygens (including phenoxy) is 1. The Morgan fingerprint density at radius 3 is 2.43 bits per heavy atom. The molecule has 6 nitrogen and oxygen atoms in total. The lowest BCUT2D eigenvalue weighted by Crippen LogP contribution is -2.45. The SMILES string of the molecule is Cc1ccc(OC[C@@H](C)NC(=O)CN(c2cc(Cl)ccc2C)S(C)(=O)=O)cc1. The number of nitrogens with zero attached hydrogens (tertiary/aromatic N) is 1. The average Bonchev–Trinajstić information content (AvgIpc) is 2.60. The molecule has 0 unspecified atom stereocenters. The van der Waals surface area contributed by atoms with Crippen molar-refractivity contribution in [3.05, 3.63) is 58.6 Å². The van der Waals surface area contributed by atoms with Gasteiger partial charge in [0.2, 0.25) is 15.9 Å². The number of amides is 1. The highest BCUT2D eigenvalue weighted by atomic mass is 35.5. The summed E-state index contributed by atoms with van der Waals surface area (Å²) in [6, 6.07) is 12.2. The second-order valence-electron chi connectivity index (χ2n) is 6.79. The highest BCUT2D eigenvalue weighted by molar-refractivity contribution is 7.92. The summed E-state index contributed by atoms with van der Waals surface area (Å²) in [4.78, 5) is 12.4. The zero-order valence-corrected chi connectivity index (χ0v) is 18.0. The van der Waals surface area contributed by atoms with Gasteiger partial charge in [-0.05, 0) is 50.6 Å². The molecule has 0 saturated heterocycles. The molecule has 28 heavy (non-hydrogen) atoms. The summed E-state index contributed by atoms with van der Waals surface area (Å²) < 4.78 is 31.2. The summed E-state index contributed by atoms with van der Waals surface area (Å²) in [5, 5.41) is 3.16. The fourth-order valence-corrected chi connectivity index (χ4v) is 3.65. The van der Waals surface area contributed by atoms with Gasteiger partial charge in [-0.25, -0.2) is 8.42 Å². The lowest BCUT2D eigenvalue weighted by molar-refractivity contribution is -0.120. The smallest absolute Gasteiger partial charge is 0.241 e. The molecular weight excluding hydrogens is 400 g/mol. The van der Waals surface area contributed by atoms with Crippen molar-refractivity contribution in [1.82, 2.24) is 5.32 Å². The van der Waals surface area contributed by atoms with Crippen LogP contribution in [-0.4, -0.2) is 39.8 Å². The summed E-state index contributed by atoms with van der Waals surface area (Å²) in [6.45, 7) is 5.47. The monoisotopic (exact) mass is 424 g/mol. The van der Waals surface area contributed by atoms with Crippen molar-refractivity contribution >= 4 is 33.2 Å². The molecule has 2 aromatic rings. The molecule has 1 N–H and O–H groups in total. The molecule has 1 amide bonds. The van der Waals surface area contributed by atoms with Crippen molar-refractivity contribution in [2.45, 2.75) is 26.8 Å². The Balaban J connectivity index is 2.01. The number of carbonyl (C=O) groups excluding carboxylic acids is 1. The van der Waals surface area contributed by atoms with Crippen LogP contribution in [0.1, 0.15) is 18.1 Å². The van der Waals surface area contributed by atoms with Crippen LogP contribution in [0.4, 0.5) is 5.69 Å². The number of aryl methyl sites for hydroxylation is 2. The van der Waals surface area contributed by atoms with Crippen LogP contribution in [-0.2, 0) is 14.8 Å². The van der Waals surface area contributed by atoms with Gasteiger partial charge in [0.1, 0.15) is 18.9 Å². The Morgan fingerprint density at radius 1 is 1.18 bits per heavy atom. The van der Waals surface area contributed by atoms with E-state index in [4.69, 9.17) is 16.3 Å². The van der Waals surface area contributed by atoms with Gasteiger partial charge < -0.3 is 10.1 Å². The van der Waals surface area contributed by atoms with Gasteiger partial charge in [-0.2, -0.15) is 0 Å². The van der Waals surface area contributed by atoms with Crippen molar-refractivity contribution in [3.63, 3.8) is 0 Å². The van der Waals surface area contributed by atoms with Gasteiger partial charge in [0.15, 0.2) is 0 Å². The van der Waals surface area contributed by atoms with Crippen molar-refractivity contribution in [3.8, 4) is 5.75 Å². The number of benzene rings is 2. The molecule has 0 bridgehead atoms. The number of rotatable bonds is 8. The largest absolute Gasteiger partial charge is 0.491 e. The number of anilines is 1.